The summed E-state index contributed by atoms with van der Waals surface area (Å²) in [6.07, 6.45) is 1.63. The number of hydrogen-bond donors (Lipinski definition) is 1. The van der Waals surface area contributed by atoms with E-state index in [9.17, 15) is 0 Å². The highest BCUT2D eigenvalue weighted by Crippen LogP contribution is 2.22. The van der Waals surface area contributed by atoms with Crippen LogP contribution in [-0.4, -0.2) is 4.98 Å². The molecule has 12 heavy (non-hydrogen) atoms. The minimum Gasteiger partial charge on any atom is -0.448 e. The number of rotatable bonds is 1. The van der Waals surface area contributed by atoms with Crippen molar-refractivity contribution in [3.8, 4) is 0 Å². The zero-order valence-corrected chi connectivity index (χ0v) is 8.09. The second-order valence-electron chi connectivity index (χ2n) is 4.12. The zero-order chi connectivity index (χ0) is 9.35. The highest BCUT2D eigenvalue weighted by molar-refractivity contribution is 5.06. The van der Waals surface area contributed by atoms with Crippen LogP contribution in [0.4, 0.5) is 0 Å². The lowest BCUT2D eigenvalue weighted by Crippen LogP contribution is -2.12. The van der Waals surface area contributed by atoms with E-state index in [4.69, 9.17) is 10.2 Å². The summed E-state index contributed by atoms with van der Waals surface area (Å²) in [5, 5.41) is 0. The lowest BCUT2D eigenvalue weighted by atomic mass is 9.97. The molecule has 0 bridgehead atoms. The van der Waals surface area contributed by atoms with E-state index in [1.807, 2.05) is 6.92 Å². The van der Waals surface area contributed by atoms with Crippen LogP contribution < -0.4 is 5.73 Å². The predicted molar refractivity (Wildman–Crippen MR) is 47.8 cm³/mol. The Morgan fingerprint density at radius 1 is 1.50 bits per heavy atom. The van der Waals surface area contributed by atoms with Gasteiger partial charge >= 0.3 is 0 Å². The minimum atomic E-state index is -0.0511. The molecule has 0 aliphatic heterocycles. The Bertz CT molecular complexity index is 258. The molecule has 1 rings (SSSR count). The van der Waals surface area contributed by atoms with Crippen LogP contribution in [0, 0.1) is 0 Å². The summed E-state index contributed by atoms with van der Waals surface area (Å²) in [6, 6.07) is -0.0511. The summed E-state index contributed by atoms with van der Waals surface area (Å²) in [7, 11) is 0. The largest absolute Gasteiger partial charge is 0.448 e. The van der Waals surface area contributed by atoms with Crippen molar-refractivity contribution < 1.29 is 4.42 Å². The first-order chi connectivity index (χ1) is 5.41. The van der Waals surface area contributed by atoms with Crippen LogP contribution in [0.15, 0.2) is 10.7 Å². The first-order valence-electron chi connectivity index (χ1n) is 4.13. The van der Waals surface area contributed by atoms with Crippen molar-refractivity contribution >= 4 is 0 Å². The molecule has 0 aliphatic carbocycles. The fourth-order valence-electron chi connectivity index (χ4n) is 0.840. The molecule has 2 N–H and O–H groups in total. The van der Waals surface area contributed by atoms with Gasteiger partial charge in [-0.2, -0.15) is 0 Å². The van der Waals surface area contributed by atoms with Gasteiger partial charge in [-0.3, -0.25) is 0 Å². The van der Waals surface area contributed by atoms with Crippen LogP contribution in [-0.2, 0) is 5.41 Å². The van der Waals surface area contributed by atoms with Gasteiger partial charge in [0.2, 0.25) is 0 Å². The van der Waals surface area contributed by atoms with E-state index in [1.54, 1.807) is 6.26 Å². The molecule has 3 nitrogen and oxygen atoms in total. The van der Waals surface area contributed by atoms with Crippen molar-refractivity contribution in [1.82, 2.24) is 4.98 Å². The molecule has 0 saturated heterocycles. The van der Waals surface area contributed by atoms with Crippen molar-refractivity contribution in [2.24, 2.45) is 5.73 Å². The molecule has 0 radical (unpaired) electrons. The number of aromatic nitrogens is 1. The summed E-state index contributed by atoms with van der Waals surface area (Å²) >= 11 is 0. The fraction of sp³-hybridized carbons (Fsp3) is 0.667. The highest BCUT2D eigenvalue weighted by Gasteiger charge is 2.20. The number of nitrogens with zero attached hydrogens (tertiary/aromatic N) is 1. The maximum atomic E-state index is 5.65. The SMILES string of the molecule is CC(N)c1coc(C(C)(C)C)n1. The van der Waals surface area contributed by atoms with Crippen LogP contribution in [0.3, 0.4) is 0 Å². The zero-order valence-electron chi connectivity index (χ0n) is 8.09. The van der Waals surface area contributed by atoms with E-state index in [-0.39, 0.29) is 11.5 Å². The second kappa shape index (κ2) is 2.90. The number of oxazole rings is 1. The minimum absolute atomic E-state index is 0.0346. The van der Waals surface area contributed by atoms with Crippen molar-refractivity contribution in [3.63, 3.8) is 0 Å². The average Bonchev–Trinajstić information content (AvgIpc) is 2.30. The van der Waals surface area contributed by atoms with Gasteiger partial charge in [-0.1, -0.05) is 20.8 Å². The quantitative estimate of drug-likeness (QED) is 0.697. The lowest BCUT2D eigenvalue weighted by Gasteiger charge is -2.11. The Morgan fingerprint density at radius 2 is 2.08 bits per heavy atom. The van der Waals surface area contributed by atoms with Crippen LogP contribution >= 0.6 is 0 Å². The molecule has 0 saturated carbocycles. The van der Waals surface area contributed by atoms with Gasteiger partial charge in [-0.25, -0.2) is 4.98 Å². The van der Waals surface area contributed by atoms with Gasteiger partial charge in [0.1, 0.15) is 6.26 Å². The van der Waals surface area contributed by atoms with Gasteiger partial charge in [-0.15, -0.1) is 0 Å². The van der Waals surface area contributed by atoms with E-state index >= 15 is 0 Å². The molecule has 0 aliphatic rings. The maximum Gasteiger partial charge on any atom is 0.199 e. The molecule has 3 heteroatoms. The molecular formula is C9H16N2O. The Labute approximate surface area is 73.0 Å². The van der Waals surface area contributed by atoms with Crippen LogP contribution in [0.2, 0.25) is 0 Å². The van der Waals surface area contributed by atoms with Gasteiger partial charge in [0.05, 0.1) is 5.69 Å². The van der Waals surface area contributed by atoms with Gasteiger partial charge < -0.3 is 10.2 Å². The maximum absolute atomic E-state index is 5.65. The molecule has 0 fully saturated rings. The van der Waals surface area contributed by atoms with Crippen molar-refractivity contribution in [2.75, 3.05) is 0 Å². The molecular weight excluding hydrogens is 152 g/mol. The third-order valence-corrected chi connectivity index (χ3v) is 1.63. The van der Waals surface area contributed by atoms with Gasteiger partial charge in [0, 0.05) is 11.5 Å². The molecule has 1 aromatic rings. The molecule has 1 aromatic heterocycles. The number of hydrogen-bond acceptors (Lipinski definition) is 3. The van der Waals surface area contributed by atoms with E-state index in [1.165, 1.54) is 0 Å². The molecule has 1 heterocycles. The van der Waals surface area contributed by atoms with Gasteiger partial charge in [0.25, 0.3) is 0 Å². The van der Waals surface area contributed by atoms with Crippen molar-refractivity contribution in [1.29, 1.82) is 0 Å². The van der Waals surface area contributed by atoms with Gasteiger partial charge in [-0.05, 0) is 6.92 Å². The molecule has 1 atom stereocenters. The van der Waals surface area contributed by atoms with Crippen LogP contribution in [0.5, 0.6) is 0 Å². The average molecular weight is 168 g/mol. The second-order valence-corrected chi connectivity index (χ2v) is 4.12. The molecule has 0 amide bonds. The van der Waals surface area contributed by atoms with Gasteiger partial charge in [0.15, 0.2) is 5.89 Å². The molecule has 0 spiro atoms. The monoisotopic (exact) mass is 168 g/mol. The summed E-state index contributed by atoms with van der Waals surface area (Å²) in [6.45, 7) is 8.07. The lowest BCUT2D eigenvalue weighted by molar-refractivity contribution is 0.392. The van der Waals surface area contributed by atoms with Crippen molar-refractivity contribution in [3.05, 3.63) is 17.8 Å². The van der Waals surface area contributed by atoms with Crippen LogP contribution in [0.25, 0.3) is 0 Å². The standard InChI is InChI=1S/C9H16N2O/c1-6(10)7-5-12-8(11-7)9(2,3)4/h5-6H,10H2,1-4H3. The summed E-state index contributed by atoms with van der Waals surface area (Å²) < 4.78 is 5.30. The topological polar surface area (TPSA) is 52.0 Å². The predicted octanol–water partition coefficient (Wildman–Crippen LogP) is 1.99. The Morgan fingerprint density at radius 3 is 2.33 bits per heavy atom. The summed E-state index contributed by atoms with van der Waals surface area (Å²) in [4.78, 5) is 4.29. The van der Waals surface area contributed by atoms with Crippen molar-refractivity contribution in [2.45, 2.75) is 39.2 Å². The third-order valence-electron chi connectivity index (χ3n) is 1.63. The normalized spacial score (nSPS) is 14.8. The van der Waals surface area contributed by atoms with Crippen LogP contribution in [0.1, 0.15) is 45.3 Å². The van der Waals surface area contributed by atoms with E-state index in [0.717, 1.165) is 11.6 Å². The Kier molecular flexibility index (Phi) is 2.24. The van der Waals surface area contributed by atoms with E-state index in [0.29, 0.717) is 0 Å². The summed E-state index contributed by atoms with van der Waals surface area (Å²) in [5.74, 6) is 0.745. The Hall–Kier alpha value is -0.830. The Balaban J connectivity index is 2.92. The fourth-order valence-corrected chi connectivity index (χ4v) is 0.840. The first-order valence-corrected chi connectivity index (χ1v) is 4.13. The molecule has 1 unspecified atom stereocenters. The smallest absolute Gasteiger partial charge is 0.199 e. The number of nitrogens with two attached hydrogens (primary N) is 1. The highest BCUT2D eigenvalue weighted by atomic mass is 16.3. The van der Waals surface area contributed by atoms with E-state index in [2.05, 4.69) is 25.8 Å². The summed E-state index contributed by atoms with van der Waals surface area (Å²) in [5.41, 5.74) is 6.43. The molecule has 0 aromatic carbocycles. The first kappa shape index (κ1) is 9.26. The third kappa shape index (κ3) is 1.85. The van der Waals surface area contributed by atoms with E-state index < -0.39 is 0 Å². The molecule has 68 valence electrons.